The second-order valence-corrected chi connectivity index (χ2v) is 7.44. The number of hydrogen-bond donors (Lipinski definition) is 1. The third-order valence-electron chi connectivity index (χ3n) is 5.46. The minimum atomic E-state index is -0.714. The Hall–Kier alpha value is -3.66. The summed E-state index contributed by atoms with van der Waals surface area (Å²) in [5.41, 5.74) is 1.49. The molecular weight excluding hydrogens is 368 g/mol. The Labute approximate surface area is 167 Å². The van der Waals surface area contributed by atoms with Crippen LogP contribution in [-0.2, 0) is 11.3 Å². The van der Waals surface area contributed by atoms with E-state index in [0.29, 0.717) is 25.2 Å². The number of amides is 3. The van der Waals surface area contributed by atoms with E-state index >= 15 is 0 Å². The molecule has 3 heterocycles. The van der Waals surface area contributed by atoms with E-state index in [1.165, 1.54) is 6.08 Å². The lowest BCUT2D eigenvalue weighted by Crippen LogP contribution is -2.52. The van der Waals surface area contributed by atoms with Crippen molar-refractivity contribution in [2.24, 2.45) is 5.92 Å². The topological polar surface area (TPSA) is 95.2 Å². The Bertz CT molecular complexity index is 1080. The van der Waals surface area contributed by atoms with E-state index in [9.17, 15) is 19.6 Å². The molecule has 1 aromatic carbocycles. The standard InChI is InChI=1S/C22H20N4O3/c23-11-17(9-15-5-2-1-3-6-15)21(28)24-22(29)25-12-16-10-18(14-25)19-7-4-8-20(27)26(19)13-16/h1-9,16,18H,10,12-14H2,(H,24,28,29)/b17-9+/t16?,18-/m0/s1. The normalized spacial score (nSPS) is 20.4. The highest BCUT2D eigenvalue weighted by Gasteiger charge is 2.36. The van der Waals surface area contributed by atoms with Crippen molar-refractivity contribution in [1.29, 1.82) is 5.26 Å². The average molecular weight is 388 g/mol. The first-order valence-electron chi connectivity index (χ1n) is 9.52. The fourth-order valence-corrected chi connectivity index (χ4v) is 4.17. The lowest BCUT2D eigenvalue weighted by atomic mass is 9.83. The van der Waals surface area contributed by atoms with Gasteiger partial charge in [0.1, 0.15) is 11.6 Å². The summed E-state index contributed by atoms with van der Waals surface area (Å²) < 4.78 is 1.79. The second-order valence-electron chi connectivity index (χ2n) is 7.44. The molecule has 0 spiro atoms. The van der Waals surface area contributed by atoms with Crippen molar-refractivity contribution >= 4 is 18.0 Å². The number of urea groups is 1. The van der Waals surface area contributed by atoms with Crippen LogP contribution in [0.15, 0.2) is 58.9 Å². The van der Waals surface area contributed by atoms with Gasteiger partial charge >= 0.3 is 6.03 Å². The molecule has 4 rings (SSSR count). The van der Waals surface area contributed by atoms with Gasteiger partial charge in [-0.05, 0) is 30.0 Å². The molecule has 0 aliphatic carbocycles. The summed E-state index contributed by atoms with van der Waals surface area (Å²) in [5, 5.41) is 11.6. The monoisotopic (exact) mass is 388 g/mol. The van der Waals surface area contributed by atoms with Crippen molar-refractivity contribution in [3.05, 3.63) is 75.7 Å². The molecule has 1 N–H and O–H groups in total. The van der Waals surface area contributed by atoms with Crippen LogP contribution in [-0.4, -0.2) is 34.5 Å². The van der Waals surface area contributed by atoms with Gasteiger partial charge in [0, 0.05) is 37.3 Å². The second kappa shape index (κ2) is 7.76. The first kappa shape index (κ1) is 18.7. The molecule has 2 aliphatic rings. The molecule has 1 fully saturated rings. The van der Waals surface area contributed by atoms with Crippen molar-refractivity contribution in [2.45, 2.75) is 18.9 Å². The largest absolute Gasteiger partial charge is 0.324 e. The maximum atomic E-state index is 12.7. The van der Waals surface area contributed by atoms with Crippen LogP contribution < -0.4 is 10.9 Å². The summed E-state index contributed by atoms with van der Waals surface area (Å²) in [6, 6.07) is 15.6. The number of nitriles is 1. The predicted octanol–water partition coefficient (Wildman–Crippen LogP) is 2.11. The SMILES string of the molecule is N#C/C(=C\c1ccccc1)C(=O)NC(=O)N1CC2C[C@@H](C1)c1cccc(=O)n1C2. The van der Waals surface area contributed by atoms with E-state index in [4.69, 9.17) is 0 Å². The number of nitrogens with one attached hydrogen (secondary N) is 1. The van der Waals surface area contributed by atoms with Crippen LogP contribution in [0.4, 0.5) is 4.79 Å². The van der Waals surface area contributed by atoms with Crippen molar-refractivity contribution in [1.82, 2.24) is 14.8 Å². The number of carbonyl (C=O) groups excluding carboxylic acids is 2. The molecule has 29 heavy (non-hydrogen) atoms. The van der Waals surface area contributed by atoms with Crippen LogP contribution in [0.3, 0.4) is 0 Å². The first-order valence-corrected chi connectivity index (χ1v) is 9.52. The van der Waals surface area contributed by atoms with Crippen LogP contribution in [0.25, 0.3) is 6.08 Å². The van der Waals surface area contributed by atoms with Gasteiger partial charge in [-0.2, -0.15) is 5.26 Å². The summed E-state index contributed by atoms with van der Waals surface area (Å²) >= 11 is 0. The van der Waals surface area contributed by atoms with E-state index in [0.717, 1.165) is 12.1 Å². The molecule has 2 bridgehead atoms. The zero-order chi connectivity index (χ0) is 20.4. The van der Waals surface area contributed by atoms with E-state index in [-0.39, 0.29) is 23.0 Å². The third kappa shape index (κ3) is 3.83. The number of hydrogen-bond acceptors (Lipinski definition) is 4. The maximum Gasteiger partial charge on any atom is 0.324 e. The van der Waals surface area contributed by atoms with Gasteiger partial charge in [-0.3, -0.25) is 14.9 Å². The number of fused-ring (bicyclic) bond motifs is 4. The summed E-state index contributed by atoms with van der Waals surface area (Å²) in [5.74, 6) is -0.487. The number of imide groups is 1. The number of carbonyl (C=O) groups is 2. The third-order valence-corrected chi connectivity index (χ3v) is 5.46. The Kier molecular flexibility index (Phi) is 5.00. The summed E-state index contributed by atoms with van der Waals surface area (Å²) in [4.78, 5) is 38.8. The Morgan fingerprint density at radius 1 is 1.07 bits per heavy atom. The molecule has 146 valence electrons. The van der Waals surface area contributed by atoms with Gasteiger partial charge in [0.25, 0.3) is 11.5 Å². The molecule has 2 atom stereocenters. The Morgan fingerprint density at radius 3 is 2.62 bits per heavy atom. The van der Waals surface area contributed by atoms with Gasteiger partial charge in [0.15, 0.2) is 0 Å². The van der Waals surface area contributed by atoms with E-state index in [2.05, 4.69) is 5.32 Å². The summed E-state index contributed by atoms with van der Waals surface area (Å²) in [7, 11) is 0. The van der Waals surface area contributed by atoms with Crippen LogP contribution in [0.5, 0.6) is 0 Å². The van der Waals surface area contributed by atoms with Crippen LogP contribution in [0, 0.1) is 17.2 Å². The van der Waals surface area contributed by atoms with E-state index in [1.807, 2.05) is 18.2 Å². The number of nitrogens with zero attached hydrogens (tertiary/aromatic N) is 3. The highest BCUT2D eigenvalue weighted by molar-refractivity contribution is 6.08. The molecule has 1 aromatic heterocycles. The van der Waals surface area contributed by atoms with Crippen molar-refractivity contribution in [3.63, 3.8) is 0 Å². The zero-order valence-electron chi connectivity index (χ0n) is 15.7. The highest BCUT2D eigenvalue weighted by atomic mass is 16.2. The lowest BCUT2D eigenvalue weighted by molar-refractivity contribution is -0.116. The molecule has 7 heteroatoms. The number of aromatic nitrogens is 1. The van der Waals surface area contributed by atoms with Gasteiger partial charge < -0.3 is 9.47 Å². The molecule has 1 saturated heterocycles. The maximum absolute atomic E-state index is 12.7. The number of likely N-dealkylation sites (tertiary alicyclic amines) is 1. The molecular formula is C22H20N4O3. The predicted molar refractivity (Wildman–Crippen MR) is 107 cm³/mol. The van der Waals surface area contributed by atoms with Gasteiger partial charge in [-0.25, -0.2) is 4.79 Å². The molecule has 2 aromatic rings. The summed E-state index contributed by atoms with van der Waals surface area (Å²) in [6.45, 7) is 1.48. The quantitative estimate of drug-likeness (QED) is 0.630. The van der Waals surface area contributed by atoms with Gasteiger partial charge in [-0.1, -0.05) is 36.4 Å². The smallest absolute Gasteiger partial charge is 0.323 e. The minimum absolute atomic E-state index is 0.0185. The van der Waals surface area contributed by atoms with Crippen LogP contribution >= 0.6 is 0 Å². The number of benzene rings is 1. The molecule has 3 amide bonds. The summed E-state index contributed by atoms with van der Waals surface area (Å²) in [6.07, 6.45) is 2.37. The van der Waals surface area contributed by atoms with Crippen molar-refractivity contribution < 1.29 is 9.59 Å². The molecule has 7 nitrogen and oxygen atoms in total. The molecule has 1 unspecified atom stereocenters. The average Bonchev–Trinajstić information content (AvgIpc) is 2.73. The number of pyridine rings is 1. The Balaban J connectivity index is 1.47. The fraction of sp³-hybridized carbons (Fsp3) is 0.273. The fourth-order valence-electron chi connectivity index (χ4n) is 4.17. The lowest BCUT2D eigenvalue weighted by Gasteiger charge is -2.42. The Morgan fingerprint density at radius 2 is 1.86 bits per heavy atom. The van der Waals surface area contributed by atoms with Gasteiger partial charge in [-0.15, -0.1) is 0 Å². The van der Waals surface area contributed by atoms with Crippen LogP contribution in [0.1, 0.15) is 23.6 Å². The molecule has 0 saturated carbocycles. The molecule has 0 radical (unpaired) electrons. The van der Waals surface area contributed by atoms with E-state index in [1.54, 1.807) is 45.9 Å². The van der Waals surface area contributed by atoms with Gasteiger partial charge in [0.05, 0.1) is 0 Å². The van der Waals surface area contributed by atoms with E-state index < -0.39 is 11.9 Å². The van der Waals surface area contributed by atoms with Crippen molar-refractivity contribution in [3.8, 4) is 6.07 Å². The van der Waals surface area contributed by atoms with Gasteiger partial charge in [0.2, 0.25) is 0 Å². The number of piperidine rings is 1. The minimum Gasteiger partial charge on any atom is -0.323 e. The zero-order valence-corrected chi connectivity index (χ0v) is 15.7. The highest BCUT2D eigenvalue weighted by Crippen LogP contribution is 2.34. The first-order chi connectivity index (χ1) is 14.0. The molecule has 2 aliphatic heterocycles. The number of rotatable bonds is 2. The van der Waals surface area contributed by atoms with Crippen molar-refractivity contribution in [2.75, 3.05) is 13.1 Å². The van der Waals surface area contributed by atoms with Crippen LogP contribution in [0.2, 0.25) is 0 Å².